The van der Waals surface area contributed by atoms with Gasteiger partial charge in [-0.2, -0.15) is 0 Å². The second kappa shape index (κ2) is 6.38. The fourth-order valence-corrected chi connectivity index (χ4v) is 2.82. The zero-order valence-corrected chi connectivity index (χ0v) is 13.1. The third-order valence-electron chi connectivity index (χ3n) is 3.59. The van der Waals surface area contributed by atoms with Crippen LogP contribution in [0.25, 0.3) is 10.2 Å². The Bertz CT molecular complexity index is 643. The maximum Gasteiger partial charge on any atom is 0.243 e. The van der Waals surface area contributed by atoms with Crippen molar-refractivity contribution < 1.29 is 9.90 Å². The second-order valence-electron chi connectivity index (χ2n) is 5.11. The van der Waals surface area contributed by atoms with Crippen LogP contribution in [-0.4, -0.2) is 46.6 Å². The average Bonchev–Trinajstić information content (AvgIpc) is 2.85. The number of aliphatic hydroxyl groups excluding tert-OH is 1. The number of thiazole rings is 1. The largest absolute Gasteiger partial charge is 0.399 e. The Morgan fingerprint density at radius 2 is 2.24 bits per heavy atom. The van der Waals surface area contributed by atoms with Gasteiger partial charge in [-0.25, -0.2) is 4.98 Å². The first-order chi connectivity index (χ1) is 9.92. The second-order valence-corrected chi connectivity index (χ2v) is 6.14. The molecule has 0 aliphatic rings. The summed E-state index contributed by atoms with van der Waals surface area (Å²) in [5.74, 6) is -0.148. The molecule has 2 aromatic rings. The summed E-state index contributed by atoms with van der Waals surface area (Å²) >= 11 is 1.39. The van der Waals surface area contributed by atoms with Crippen LogP contribution >= 0.6 is 11.3 Å². The number of aromatic nitrogens is 1. The molecule has 1 aromatic carbocycles. The number of fused-ring (bicyclic) bond motifs is 1. The Morgan fingerprint density at radius 3 is 2.90 bits per heavy atom. The van der Waals surface area contributed by atoms with Gasteiger partial charge in [0.2, 0.25) is 5.91 Å². The van der Waals surface area contributed by atoms with Gasteiger partial charge in [0, 0.05) is 11.7 Å². The highest BCUT2D eigenvalue weighted by atomic mass is 32.1. The summed E-state index contributed by atoms with van der Waals surface area (Å²) in [5.41, 5.74) is 7.22. The van der Waals surface area contributed by atoms with Gasteiger partial charge in [0.25, 0.3) is 0 Å². The number of nitrogens with one attached hydrogen (secondary N) is 1. The number of rotatable bonds is 5. The van der Waals surface area contributed by atoms with Gasteiger partial charge < -0.3 is 16.2 Å². The molecule has 1 amide bonds. The molecule has 0 bridgehead atoms. The number of nitrogen functional groups attached to an aromatic ring is 1. The normalized spacial score (nSPS) is 14.3. The number of carbonyl (C=O) groups is 1. The molecule has 0 saturated heterocycles. The molecule has 21 heavy (non-hydrogen) atoms. The third kappa shape index (κ3) is 3.49. The molecule has 4 N–H and O–H groups in total. The quantitative estimate of drug-likeness (QED) is 0.728. The molecule has 2 atom stereocenters. The number of nitrogens with zero attached hydrogens (tertiary/aromatic N) is 2. The molecular formula is C14H20N4O2S. The molecule has 2 rings (SSSR count). The fourth-order valence-electron chi connectivity index (χ4n) is 1.90. The Hall–Kier alpha value is -1.70. The SMILES string of the molecule is CC(CO)N(C)C(C)C(=O)Nc1nc2ccc(N)cc2s1. The molecule has 1 aromatic heterocycles. The Kier molecular flexibility index (Phi) is 4.76. The van der Waals surface area contributed by atoms with Gasteiger partial charge >= 0.3 is 0 Å². The number of anilines is 2. The van der Waals surface area contributed by atoms with Gasteiger partial charge in [0.05, 0.1) is 22.9 Å². The van der Waals surface area contributed by atoms with E-state index in [0.717, 1.165) is 10.2 Å². The van der Waals surface area contributed by atoms with E-state index in [1.165, 1.54) is 11.3 Å². The molecule has 2 unspecified atom stereocenters. The van der Waals surface area contributed by atoms with E-state index in [1.54, 1.807) is 13.0 Å². The van der Waals surface area contributed by atoms with Gasteiger partial charge in [-0.15, -0.1) is 0 Å². The molecule has 0 aliphatic carbocycles. The molecule has 0 fully saturated rings. The predicted molar refractivity (Wildman–Crippen MR) is 86.4 cm³/mol. The number of hydrogen-bond donors (Lipinski definition) is 3. The van der Waals surface area contributed by atoms with E-state index in [1.807, 2.05) is 31.0 Å². The minimum Gasteiger partial charge on any atom is -0.399 e. The number of likely N-dealkylation sites (N-methyl/N-ethyl adjacent to an activating group) is 1. The van der Waals surface area contributed by atoms with Crippen LogP contribution in [0, 0.1) is 0 Å². The number of carbonyl (C=O) groups excluding carboxylic acids is 1. The van der Waals surface area contributed by atoms with E-state index in [0.29, 0.717) is 10.8 Å². The van der Waals surface area contributed by atoms with E-state index in [-0.39, 0.29) is 24.6 Å². The number of amides is 1. The van der Waals surface area contributed by atoms with Crippen LogP contribution in [0.5, 0.6) is 0 Å². The summed E-state index contributed by atoms with van der Waals surface area (Å²) in [6, 6.07) is 5.02. The lowest BCUT2D eigenvalue weighted by molar-refractivity contribution is -0.121. The van der Waals surface area contributed by atoms with Crippen molar-refractivity contribution in [1.82, 2.24) is 9.88 Å². The maximum absolute atomic E-state index is 12.2. The molecule has 0 radical (unpaired) electrons. The van der Waals surface area contributed by atoms with Crippen LogP contribution in [0.1, 0.15) is 13.8 Å². The van der Waals surface area contributed by atoms with Crippen molar-refractivity contribution >= 4 is 38.3 Å². The van der Waals surface area contributed by atoms with Crippen molar-refractivity contribution in [2.24, 2.45) is 0 Å². The van der Waals surface area contributed by atoms with Gasteiger partial charge in [-0.3, -0.25) is 9.69 Å². The highest BCUT2D eigenvalue weighted by Crippen LogP contribution is 2.27. The number of benzene rings is 1. The summed E-state index contributed by atoms with van der Waals surface area (Å²) < 4.78 is 0.940. The van der Waals surface area contributed by atoms with Crippen molar-refractivity contribution in [3.05, 3.63) is 18.2 Å². The molecule has 0 saturated carbocycles. The van der Waals surface area contributed by atoms with Crippen LogP contribution in [-0.2, 0) is 4.79 Å². The maximum atomic E-state index is 12.2. The average molecular weight is 308 g/mol. The van der Waals surface area contributed by atoms with Crippen molar-refractivity contribution in [1.29, 1.82) is 0 Å². The molecule has 6 nitrogen and oxygen atoms in total. The van der Waals surface area contributed by atoms with Gasteiger partial charge in [-0.1, -0.05) is 11.3 Å². The number of hydrogen-bond acceptors (Lipinski definition) is 6. The fraction of sp³-hybridized carbons (Fsp3) is 0.429. The van der Waals surface area contributed by atoms with Crippen molar-refractivity contribution in [3.63, 3.8) is 0 Å². The van der Waals surface area contributed by atoms with Gasteiger partial charge in [0.1, 0.15) is 0 Å². The van der Waals surface area contributed by atoms with Crippen LogP contribution in [0.3, 0.4) is 0 Å². The Labute approximate surface area is 127 Å². The lowest BCUT2D eigenvalue weighted by atomic mass is 10.2. The van der Waals surface area contributed by atoms with E-state index < -0.39 is 0 Å². The molecule has 0 spiro atoms. The smallest absolute Gasteiger partial charge is 0.243 e. The summed E-state index contributed by atoms with van der Waals surface area (Å²) in [4.78, 5) is 18.4. The zero-order chi connectivity index (χ0) is 15.6. The van der Waals surface area contributed by atoms with E-state index in [4.69, 9.17) is 10.8 Å². The molecular weight excluding hydrogens is 288 g/mol. The van der Waals surface area contributed by atoms with Crippen LogP contribution in [0.2, 0.25) is 0 Å². The monoisotopic (exact) mass is 308 g/mol. The van der Waals surface area contributed by atoms with Crippen molar-refractivity contribution in [2.45, 2.75) is 25.9 Å². The van der Waals surface area contributed by atoms with Gasteiger partial charge in [0.15, 0.2) is 5.13 Å². The van der Waals surface area contributed by atoms with Crippen LogP contribution in [0.4, 0.5) is 10.8 Å². The molecule has 1 heterocycles. The highest BCUT2D eigenvalue weighted by molar-refractivity contribution is 7.22. The minimum absolute atomic E-state index is 0.00847. The third-order valence-corrected chi connectivity index (χ3v) is 4.53. The van der Waals surface area contributed by atoms with E-state index in [2.05, 4.69) is 10.3 Å². The van der Waals surface area contributed by atoms with E-state index >= 15 is 0 Å². The summed E-state index contributed by atoms with van der Waals surface area (Å²) in [6.45, 7) is 3.67. The summed E-state index contributed by atoms with van der Waals surface area (Å²) in [7, 11) is 1.81. The number of nitrogens with two attached hydrogens (primary N) is 1. The van der Waals surface area contributed by atoms with Crippen molar-refractivity contribution in [3.8, 4) is 0 Å². The van der Waals surface area contributed by atoms with Gasteiger partial charge in [-0.05, 0) is 39.1 Å². The molecule has 0 aliphatic heterocycles. The first-order valence-corrected chi connectivity index (χ1v) is 7.53. The Morgan fingerprint density at radius 1 is 1.52 bits per heavy atom. The predicted octanol–water partition coefficient (Wildman–Crippen LogP) is 1.52. The molecule has 114 valence electrons. The topological polar surface area (TPSA) is 91.5 Å². The lowest BCUT2D eigenvalue weighted by Gasteiger charge is -2.28. The first kappa shape index (κ1) is 15.7. The Balaban J connectivity index is 2.10. The minimum atomic E-state index is -0.357. The summed E-state index contributed by atoms with van der Waals surface area (Å²) in [5, 5.41) is 12.5. The van der Waals surface area contributed by atoms with Crippen LogP contribution in [0.15, 0.2) is 18.2 Å². The first-order valence-electron chi connectivity index (χ1n) is 6.72. The van der Waals surface area contributed by atoms with Crippen LogP contribution < -0.4 is 11.1 Å². The van der Waals surface area contributed by atoms with E-state index in [9.17, 15) is 4.79 Å². The molecule has 7 heteroatoms. The lowest BCUT2D eigenvalue weighted by Crippen LogP contribution is -2.45. The summed E-state index contributed by atoms with van der Waals surface area (Å²) in [6.07, 6.45) is 0. The standard InChI is InChI=1S/C14H20N4O2S/c1-8(7-19)18(3)9(2)13(20)17-14-16-11-5-4-10(15)6-12(11)21-14/h4-6,8-9,19H,7,15H2,1-3H3,(H,16,17,20). The number of aliphatic hydroxyl groups is 1. The zero-order valence-electron chi connectivity index (χ0n) is 12.3. The van der Waals surface area contributed by atoms with Crippen molar-refractivity contribution in [2.75, 3.05) is 24.7 Å². The highest BCUT2D eigenvalue weighted by Gasteiger charge is 2.22.